The Morgan fingerprint density at radius 2 is 1.73 bits per heavy atom. The number of hydrogen-bond donors (Lipinski definition) is 0. The quantitative estimate of drug-likeness (QED) is 0.207. The van der Waals surface area contributed by atoms with Gasteiger partial charge in [0.25, 0.3) is 5.56 Å². The number of benzene rings is 3. The van der Waals surface area contributed by atoms with Crippen molar-refractivity contribution in [3.05, 3.63) is 103 Å². The molecule has 212 valence electrons. The number of aromatic nitrogens is 1. The van der Waals surface area contributed by atoms with Gasteiger partial charge in [-0.3, -0.25) is 9.36 Å². The van der Waals surface area contributed by atoms with E-state index in [0.717, 1.165) is 28.5 Å². The maximum Gasteiger partial charge on any atom is 0.338 e. The topological polar surface area (TPSA) is 88.4 Å². The molecule has 1 aliphatic rings. The standard InChI is InChI=1S/C32H32N2O6S/c1-5-16-39-26-13-9-8-12-24(26)29-28(31(36)40-18-17-37-3)20(2)33-32-34(29)30(35)27(41-32)19-21-14-15-25(38-4)23-11-7-6-10-22(21)23/h6-15,19,29H,5,16-18H2,1-4H3/b27-19+/t29-/m1/s1. The van der Waals surface area contributed by atoms with Gasteiger partial charge in [0, 0.05) is 18.1 Å². The zero-order valence-electron chi connectivity index (χ0n) is 23.5. The van der Waals surface area contributed by atoms with Crippen molar-refractivity contribution in [1.29, 1.82) is 0 Å². The summed E-state index contributed by atoms with van der Waals surface area (Å²) < 4.78 is 24.3. The van der Waals surface area contributed by atoms with Crippen LogP contribution in [-0.2, 0) is 14.3 Å². The summed E-state index contributed by atoms with van der Waals surface area (Å²) in [4.78, 5) is 32.8. The predicted molar refractivity (Wildman–Crippen MR) is 159 cm³/mol. The maximum absolute atomic E-state index is 14.1. The summed E-state index contributed by atoms with van der Waals surface area (Å²) >= 11 is 1.29. The molecule has 4 aromatic rings. The first-order valence-corrected chi connectivity index (χ1v) is 14.3. The van der Waals surface area contributed by atoms with Crippen LogP contribution < -0.4 is 24.4 Å². The lowest BCUT2D eigenvalue weighted by Crippen LogP contribution is -2.40. The van der Waals surface area contributed by atoms with Gasteiger partial charge in [-0.1, -0.05) is 66.8 Å². The van der Waals surface area contributed by atoms with Crippen LogP contribution >= 0.6 is 11.3 Å². The van der Waals surface area contributed by atoms with Gasteiger partial charge in [0.1, 0.15) is 24.1 Å². The Balaban J connectivity index is 1.71. The SMILES string of the molecule is CCCOc1ccccc1[C@@H]1C(C(=O)OCCOC)=C(C)N=c2s/c(=C/c3ccc(OC)c4ccccc34)c(=O)n21. The summed E-state index contributed by atoms with van der Waals surface area (Å²) in [7, 11) is 3.18. The van der Waals surface area contributed by atoms with Crippen molar-refractivity contribution in [3.8, 4) is 11.5 Å². The molecule has 0 bridgehead atoms. The highest BCUT2D eigenvalue weighted by Gasteiger charge is 2.35. The number of hydrogen-bond acceptors (Lipinski definition) is 8. The fraction of sp³-hybridized carbons (Fsp3) is 0.281. The van der Waals surface area contributed by atoms with E-state index in [1.54, 1.807) is 25.7 Å². The molecular weight excluding hydrogens is 540 g/mol. The minimum Gasteiger partial charge on any atom is -0.496 e. The Morgan fingerprint density at radius 3 is 2.49 bits per heavy atom. The number of ether oxygens (including phenoxy) is 4. The molecule has 41 heavy (non-hydrogen) atoms. The normalized spacial score (nSPS) is 15.0. The molecule has 0 radical (unpaired) electrons. The van der Waals surface area contributed by atoms with E-state index in [-0.39, 0.29) is 18.8 Å². The lowest BCUT2D eigenvalue weighted by Gasteiger charge is -2.26. The van der Waals surface area contributed by atoms with Gasteiger partial charge in [-0.15, -0.1) is 0 Å². The molecule has 1 aromatic heterocycles. The summed E-state index contributed by atoms with van der Waals surface area (Å²) in [5.41, 5.74) is 2.10. The zero-order valence-corrected chi connectivity index (χ0v) is 24.3. The van der Waals surface area contributed by atoms with Crippen molar-refractivity contribution in [2.75, 3.05) is 34.0 Å². The molecule has 0 spiro atoms. The predicted octanol–water partition coefficient (Wildman–Crippen LogP) is 4.38. The molecule has 9 heteroatoms. The van der Waals surface area contributed by atoms with E-state index in [1.165, 1.54) is 11.3 Å². The summed E-state index contributed by atoms with van der Waals surface area (Å²) in [6.45, 7) is 4.64. The summed E-state index contributed by atoms with van der Waals surface area (Å²) in [5.74, 6) is 0.816. The molecule has 2 heterocycles. The van der Waals surface area contributed by atoms with Crippen molar-refractivity contribution in [1.82, 2.24) is 4.57 Å². The second kappa shape index (κ2) is 12.5. The van der Waals surface area contributed by atoms with Crippen molar-refractivity contribution in [3.63, 3.8) is 0 Å². The number of carbonyl (C=O) groups is 1. The number of esters is 1. The van der Waals surface area contributed by atoms with Gasteiger partial charge < -0.3 is 18.9 Å². The Hall–Kier alpha value is -4.21. The Labute approximate surface area is 241 Å². The largest absolute Gasteiger partial charge is 0.496 e. The maximum atomic E-state index is 14.1. The first-order chi connectivity index (χ1) is 20.0. The molecule has 8 nitrogen and oxygen atoms in total. The van der Waals surface area contributed by atoms with Crippen LogP contribution in [0.2, 0.25) is 0 Å². The first-order valence-electron chi connectivity index (χ1n) is 13.4. The van der Waals surface area contributed by atoms with E-state index in [4.69, 9.17) is 23.9 Å². The second-order valence-electron chi connectivity index (χ2n) is 9.50. The number of fused-ring (bicyclic) bond motifs is 2. The van der Waals surface area contributed by atoms with Crippen LogP contribution in [0.1, 0.15) is 37.4 Å². The van der Waals surface area contributed by atoms with E-state index in [9.17, 15) is 9.59 Å². The highest BCUT2D eigenvalue weighted by Crippen LogP contribution is 2.36. The third kappa shape index (κ3) is 5.55. The van der Waals surface area contributed by atoms with E-state index >= 15 is 0 Å². The van der Waals surface area contributed by atoms with Crippen LogP contribution in [0, 0.1) is 0 Å². The molecule has 0 unspecified atom stereocenters. The van der Waals surface area contributed by atoms with Gasteiger partial charge >= 0.3 is 5.97 Å². The molecule has 1 aliphatic heterocycles. The molecule has 5 rings (SSSR count). The van der Waals surface area contributed by atoms with Gasteiger partial charge in [-0.25, -0.2) is 9.79 Å². The second-order valence-corrected chi connectivity index (χ2v) is 10.5. The minimum atomic E-state index is -0.774. The molecular formula is C32H32N2O6S. The van der Waals surface area contributed by atoms with Gasteiger partial charge in [0.05, 0.1) is 36.1 Å². The minimum absolute atomic E-state index is 0.0851. The van der Waals surface area contributed by atoms with Crippen LogP contribution in [0.4, 0.5) is 0 Å². The Bertz CT molecular complexity index is 1800. The highest BCUT2D eigenvalue weighted by molar-refractivity contribution is 7.07. The molecule has 0 amide bonds. The van der Waals surface area contributed by atoms with Crippen LogP contribution in [0.5, 0.6) is 11.5 Å². The Kier molecular flexibility index (Phi) is 8.66. The van der Waals surface area contributed by atoms with Gasteiger partial charge in [0.2, 0.25) is 0 Å². The van der Waals surface area contributed by atoms with Crippen molar-refractivity contribution in [2.45, 2.75) is 26.3 Å². The van der Waals surface area contributed by atoms with E-state index in [2.05, 4.69) is 0 Å². The number of rotatable bonds is 10. The molecule has 0 saturated carbocycles. The van der Waals surface area contributed by atoms with E-state index < -0.39 is 12.0 Å². The molecule has 0 N–H and O–H groups in total. The lowest BCUT2D eigenvalue weighted by molar-refractivity contribution is -0.140. The number of thiazole rings is 1. The van der Waals surface area contributed by atoms with E-state index in [0.29, 0.717) is 38.5 Å². The van der Waals surface area contributed by atoms with Crippen molar-refractivity contribution >= 4 is 34.2 Å². The van der Waals surface area contributed by atoms with Crippen molar-refractivity contribution < 1.29 is 23.7 Å². The molecule has 0 aliphatic carbocycles. The zero-order chi connectivity index (χ0) is 28.9. The van der Waals surface area contributed by atoms with E-state index in [1.807, 2.05) is 73.7 Å². The fourth-order valence-electron chi connectivity index (χ4n) is 4.96. The van der Waals surface area contributed by atoms with Gasteiger partial charge in [0.15, 0.2) is 4.80 Å². The molecule has 1 atom stereocenters. The van der Waals surface area contributed by atoms with Crippen molar-refractivity contribution in [2.24, 2.45) is 4.99 Å². The average molecular weight is 573 g/mol. The van der Waals surface area contributed by atoms with Crippen LogP contribution in [-0.4, -0.2) is 44.6 Å². The summed E-state index contributed by atoms with van der Waals surface area (Å²) in [6, 6.07) is 18.4. The summed E-state index contributed by atoms with van der Waals surface area (Å²) in [6.07, 6.45) is 2.69. The number of nitrogens with zero attached hydrogens (tertiary/aromatic N) is 2. The monoisotopic (exact) mass is 572 g/mol. The first kappa shape index (κ1) is 28.3. The lowest BCUT2D eigenvalue weighted by atomic mass is 9.95. The van der Waals surface area contributed by atoms with Gasteiger partial charge in [-0.05, 0) is 42.5 Å². The average Bonchev–Trinajstić information content (AvgIpc) is 3.29. The fourth-order valence-corrected chi connectivity index (χ4v) is 6.00. The Morgan fingerprint density at radius 1 is 0.976 bits per heavy atom. The summed E-state index contributed by atoms with van der Waals surface area (Å²) in [5, 5.41) is 1.92. The number of para-hydroxylation sites is 1. The van der Waals surface area contributed by atoms with Crippen LogP contribution in [0.3, 0.4) is 0 Å². The van der Waals surface area contributed by atoms with Crippen LogP contribution in [0.25, 0.3) is 16.8 Å². The smallest absolute Gasteiger partial charge is 0.338 e. The molecule has 0 saturated heterocycles. The van der Waals surface area contributed by atoms with Gasteiger partial charge in [-0.2, -0.15) is 0 Å². The third-order valence-electron chi connectivity index (χ3n) is 6.86. The highest BCUT2D eigenvalue weighted by atomic mass is 32.1. The third-order valence-corrected chi connectivity index (χ3v) is 7.84. The number of allylic oxidation sites excluding steroid dienone is 1. The van der Waals surface area contributed by atoms with Crippen LogP contribution in [0.15, 0.2) is 81.7 Å². The molecule has 0 fully saturated rings. The number of carbonyl (C=O) groups excluding carboxylic acids is 1. The molecule has 3 aromatic carbocycles. The number of methoxy groups -OCH3 is 2.